The van der Waals surface area contributed by atoms with Crippen molar-refractivity contribution in [3.05, 3.63) is 93.5 Å². The van der Waals surface area contributed by atoms with Crippen LogP contribution in [0.5, 0.6) is 11.5 Å². The Morgan fingerprint density at radius 3 is 2.60 bits per heavy atom. The SMILES string of the molecule is CC1(Cc2cccc(Cl)c2Cl)Cc2cc(C(=O)N(CCOc3ccccc3)CC(=O)O)ccc2O1. The van der Waals surface area contributed by atoms with E-state index >= 15 is 0 Å². The molecule has 35 heavy (non-hydrogen) atoms. The third-order valence-corrected chi connectivity index (χ3v) is 6.67. The minimum absolute atomic E-state index is 0.137. The summed E-state index contributed by atoms with van der Waals surface area (Å²) in [4.78, 5) is 25.9. The summed E-state index contributed by atoms with van der Waals surface area (Å²) < 4.78 is 11.9. The van der Waals surface area contributed by atoms with Gasteiger partial charge in [-0.2, -0.15) is 0 Å². The molecule has 3 aromatic rings. The highest BCUT2D eigenvalue weighted by Gasteiger charge is 2.36. The largest absolute Gasteiger partial charge is 0.492 e. The van der Waals surface area contributed by atoms with Crippen LogP contribution in [-0.2, 0) is 17.6 Å². The minimum atomic E-state index is -1.09. The number of rotatable bonds is 9. The Hall–Kier alpha value is -3.22. The number of carbonyl (C=O) groups is 2. The number of carbonyl (C=O) groups excluding carboxylic acids is 1. The predicted molar refractivity (Wildman–Crippen MR) is 135 cm³/mol. The van der Waals surface area contributed by atoms with Crippen molar-refractivity contribution >= 4 is 35.1 Å². The van der Waals surface area contributed by atoms with Crippen LogP contribution >= 0.6 is 23.2 Å². The van der Waals surface area contributed by atoms with E-state index in [0.717, 1.165) is 11.1 Å². The molecule has 1 atom stereocenters. The average molecular weight is 514 g/mol. The van der Waals surface area contributed by atoms with Gasteiger partial charge >= 0.3 is 5.97 Å². The molecular formula is C27H25Cl2NO5. The number of halogens is 2. The van der Waals surface area contributed by atoms with E-state index in [2.05, 4.69) is 0 Å². The van der Waals surface area contributed by atoms with Crippen molar-refractivity contribution in [2.24, 2.45) is 0 Å². The third kappa shape index (κ3) is 6.08. The summed E-state index contributed by atoms with van der Waals surface area (Å²) in [5.74, 6) is -0.115. The highest BCUT2D eigenvalue weighted by Crippen LogP contribution is 2.39. The molecule has 0 radical (unpaired) electrons. The molecule has 1 N–H and O–H groups in total. The Morgan fingerprint density at radius 2 is 1.86 bits per heavy atom. The molecule has 0 bridgehead atoms. The van der Waals surface area contributed by atoms with Crippen LogP contribution in [0, 0.1) is 0 Å². The number of carboxylic acids is 1. The second kappa shape index (κ2) is 10.6. The first-order chi connectivity index (χ1) is 16.7. The van der Waals surface area contributed by atoms with Gasteiger partial charge in [-0.3, -0.25) is 9.59 Å². The lowest BCUT2D eigenvalue weighted by molar-refractivity contribution is -0.137. The van der Waals surface area contributed by atoms with E-state index in [4.69, 9.17) is 32.7 Å². The van der Waals surface area contributed by atoms with Gasteiger partial charge < -0.3 is 19.5 Å². The van der Waals surface area contributed by atoms with Crippen molar-refractivity contribution < 1.29 is 24.2 Å². The van der Waals surface area contributed by atoms with Gasteiger partial charge in [0.25, 0.3) is 5.91 Å². The first kappa shape index (κ1) is 24.9. The molecule has 182 valence electrons. The van der Waals surface area contributed by atoms with Gasteiger partial charge in [-0.25, -0.2) is 0 Å². The number of amides is 1. The van der Waals surface area contributed by atoms with Gasteiger partial charge in [0.15, 0.2) is 0 Å². The summed E-state index contributed by atoms with van der Waals surface area (Å²) in [5, 5.41) is 10.3. The number of hydrogen-bond donors (Lipinski definition) is 1. The van der Waals surface area contributed by atoms with Gasteiger partial charge in [-0.15, -0.1) is 0 Å². The van der Waals surface area contributed by atoms with Crippen molar-refractivity contribution in [1.82, 2.24) is 4.90 Å². The molecule has 0 saturated carbocycles. The summed E-state index contributed by atoms with van der Waals surface area (Å²) in [5.41, 5.74) is 1.62. The second-order valence-electron chi connectivity index (χ2n) is 8.72. The van der Waals surface area contributed by atoms with Crippen LogP contribution in [0.1, 0.15) is 28.4 Å². The third-order valence-electron chi connectivity index (χ3n) is 5.81. The van der Waals surface area contributed by atoms with E-state index in [0.29, 0.717) is 39.9 Å². The Morgan fingerprint density at radius 1 is 1.09 bits per heavy atom. The lowest BCUT2D eigenvalue weighted by Gasteiger charge is -2.24. The Labute approximate surface area is 214 Å². The number of hydrogen-bond acceptors (Lipinski definition) is 4. The normalized spacial score (nSPS) is 16.3. The summed E-state index contributed by atoms with van der Waals surface area (Å²) in [6, 6.07) is 19.9. The topological polar surface area (TPSA) is 76.1 Å². The molecule has 6 nitrogen and oxygen atoms in total. The fraction of sp³-hybridized carbons (Fsp3) is 0.259. The lowest BCUT2D eigenvalue weighted by atomic mass is 9.91. The van der Waals surface area contributed by atoms with Crippen molar-refractivity contribution in [3.8, 4) is 11.5 Å². The molecule has 1 aliphatic heterocycles. The molecule has 0 spiro atoms. The van der Waals surface area contributed by atoms with E-state index in [9.17, 15) is 14.7 Å². The first-order valence-corrected chi connectivity index (χ1v) is 11.9. The highest BCUT2D eigenvalue weighted by atomic mass is 35.5. The molecule has 1 aliphatic rings. The predicted octanol–water partition coefficient (Wildman–Crippen LogP) is 5.54. The molecule has 1 heterocycles. The van der Waals surface area contributed by atoms with Crippen molar-refractivity contribution in [1.29, 1.82) is 0 Å². The Balaban J connectivity index is 1.46. The van der Waals surface area contributed by atoms with Gasteiger partial charge in [-0.1, -0.05) is 53.5 Å². The van der Waals surface area contributed by atoms with Gasteiger partial charge in [0.05, 0.1) is 16.6 Å². The van der Waals surface area contributed by atoms with Crippen molar-refractivity contribution in [3.63, 3.8) is 0 Å². The fourth-order valence-electron chi connectivity index (χ4n) is 4.23. The number of nitrogens with zero attached hydrogens (tertiary/aromatic N) is 1. The van der Waals surface area contributed by atoms with E-state index in [-0.39, 0.29) is 19.1 Å². The zero-order chi connectivity index (χ0) is 25.0. The van der Waals surface area contributed by atoms with E-state index in [1.807, 2.05) is 37.3 Å². The minimum Gasteiger partial charge on any atom is -0.492 e. The molecule has 8 heteroatoms. The standard InChI is InChI=1S/C27H25Cl2NO5/c1-27(15-19-6-5-9-22(28)25(19)29)16-20-14-18(10-11-23(20)35-27)26(33)30(17-24(31)32)12-13-34-21-7-3-2-4-8-21/h2-11,14H,12-13,15-17H2,1H3,(H,31,32). The maximum absolute atomic E-state index is 13.2. The molecular weight excluding hydrogens is 489 g/mol. The average Bonchev–Trinajstić information content (AvgIpc) is 3.16. The van der Waals surface area contributed by atoms with Gasteiger partial charge in [0.2, 0.25) is 0 Å². The van der Waals surface area contributed by atoms with Gasteiger partial charge in [-0.05, 0) is 54.4 Å². The number of fused-ring (bicyclic) bond motifs is 1. The Bertz CT molecular complexity index is 1230. The van der Waals surface area contributed by atoms with Crippen LogP contribution in [0.25, 0.3) is 0 Å². The van der Waals surface area contributed by atoms with Crippen LogP contribution in [0.2, 0.25) is 10.0 Å². The van der Waals surface area contributed by atoms with E-state index in [1.54, 1.807) is 36.4 Å². The molecule has 1 amide bonds. The van der Waals surface area contributed by atoms with Gasteiger partial charge in [0, 0.05) is 18.4 Å². The maximum atomic E-state index is 13.2. The van der Waals surface area contributed by atoms with Crippen molar-refractivity contribution in [2.45, 2.75) is 25.4 Å². The summed E-state index contributed by atoms with van der Waals surface area (Å²) >= 11 is 12.5. The number of carboxylic acid groups (broad SMARTS) is 1. The smallest absolute Gasteiger partial charge is 0.323 e. The van der Waals surface area contributed by atoms with Gasteiger partial charge in [0.1, 0.15) is 30.3 Å². The molecule has 0 fully saturated rings. The highest BCUT2D eigenvalue weighted by molar-refractivity contribution is 6.42. The van der Waals surface area contributed by atoms with Crippen LogP contribution in [0.4, 0.5) is 0 Å². The lowest BCUT2D eigenvalue weighted by Crippen LogP contribution is -2.38. The van der Waals surface area contributed by atoms with Crippen LogP contribution in [-0.4, -0.2) is 47.2 Å². The number of aliphatic carboxylic acids is 1. The molecule has 4 rings (SSSR count). The first-order valence-electron chi connectivity index (χ1n) is 11.2. The monoisotopic (exact) mass is 513 g/mol. The molecule has 0 saturated heterocycles. The van der Waals surface area contributed by atoms with E-state index in [1.165, 1.54) is 4.90 Å². The van der Waals surface area contributed by atoms with Crippen LogP contribution < -0.4 is 9.47 Å². The summed E-state index contributed by atoms with van der Waals surface area (Å²) in [6.07, 6.45) is 1.12. The maximum Gasteiger partial charge on any atom is 0.323 e. The zero-order valence-corrected chi connectivity index (χ0v) is 20.7. The Kier molecular flexibility index (Phi) is 7.53. The molecule has 0 aromatic heterocycles. The second-order valence-corrected chi connectivity index (χ2v) is 9.51. The summed E-state index contributed by atoms with van der Waals surface area (Å²) in [7, 11) is 0. The van der Waals surface area contributed by atoms with Crippen LogP contribution in [0.3, 0.4) is 0 Å². The molecule has 1 unspecified atom stereocenters. The zero-order valence-electron chi connectivity index (χ0n) is 19.2. The quantitative estimate of drug-likeness (QED) is 0.406. The molecule has 0 aliphatic carbocycles. The number of ether oxygens (including phenoxy) is 2. The van der Waals surface area contributed by atoms with E-state index < -0.39 is 18.1 Å². The summed E-state index contributed by atoms with van der Waals surface area (Å²) in [6.45, 7) is 1.88. The number of para-hydroxylation sites is 1. The van der Waals surface area contributed by atoms with Crippen LogP contribution in [0.15, 0.2) is 66.7 Å². The molecule has 3 aromatic carbocycles. The fourth-order valence-corrected chi connectivity index (χ4v) is 4.62. The van der Waals surface area contributed by atoms with Crippen molar-refractivity contribution in [2.75, 3.05) is 19.7 Å². The number of benzene rings is 3.